The minimum absolute atomic E-state index is 0.0201. The molecule has 1 atom stereocenters. The normalized spacial score (nSPS) is 14.1. The molecule has 0 aromatic carbocycles. The van der Waals surface area contributed by atoms with E-state index in [0.29, 0.717) is 18.2 Å². The fraction of sp³-hybridized carbons (Fsp3) is 0.583. The van der Waals surface area contributed by atoms with Crippen molar-refractivity contribution in [2.45, 2.75) is 31.8 Å². The molecule has 1 N–H and O–H groups in total. The molecule has 2 heterocycles. The van der Waals surface area contributed by atoms with Crippen molar-refractivity contribution < 1.29 is 13.2 Å². The Balaban J connectivity index is 2.32. The molecule has 0 fully saturated rings. The standard InChI is InChI=1S/C12H18ClN3O3S2/c1-4-19-7-9(8(2)3)15-21(17,18)11-10(13)14-12-16(11)5-6-20-12/h5-6,8-9,15H,4,7H2,1-3H3. The lowest BCUT2D eigenvalue weighted by Gasteiger charge is -2.21. The fourth-order valence-electron chi connectivity index (χ4n) is 1.84. The van der Waals surface area contributed by atoms with Crippen molar-refractivity contribution in [3.05, 3.63) is 16.7 Å². The van der Waals surface area contributed by atoms with Gasteiger partial charge >= 0.3 is 0 Å². The second kappa shape index (κ2) is 6.62. The van der Waals surface area contributed by atoms with Crippen LogP contribution in [0.2, 0.25) is 5.15 Å². The Labute approximate surface area is 133 Å². The number of fused-ring (bicyclic) bond motifs is 1. The van der Waals surface area contributed by atoms with E-state index in [2.05, 4.69) is 9.71 Å². The average molecular weight is 352 g/mol. The number of nitrogens with one attached hydrogen (secondary N) is 1. The number of thiazole rings is 1. The Hall–Kier alpha value is -0.670. The van der Waals surface area contributed by atoms with E-state index in [9.17, 15) is 8.42 Å². The summed E-state index contributed by atoms with van der Waals surface area (Å²) < 4.78 is 34.7. The van der Waals surface area contributed by atoms with E-state index in [1.54, 1.807) is 11.6 Å². The summed E-state index contributed by atoms with van der Waals surface area (Å²) in [4.78, 5) is 4.60. The van der Waals surface area contributed by atoms with Crippen LogP contribution in [-0.4, -0.2) is 37.1 Å². The summed E-state index contributed by atoms with van der Waals surface area (Å²) >= 11 is 7.31. The topological polar surface area (TPSA) is 72.7 Å². The van der Waals surface area contributed by atoms with Crippen LogP contribution in [0.5, 0.6) is 0 Å². The van der Waals surface area contributed by atoms with E-state index in [0.717, 1.165) is 0 Å². The highest BCUT2D eigenvalue weighted by Gasteiger charge is 2.29. The Morgan fingerprint density at radius 3 is 2.86 bits per heavy atom. The monoisotopic (exact) mass is 351 g/mol. The van der Waals surface area contributed by atoms with Gasteiger partial charge in [-0.2, -0.15) is 0 Å². The smallest absolute Gasteiger partial charge is 0.260 e. The van der Waals surface area contributed by atoms with Crippen LogP contribution in [0.4, 0.5) is 0 Å². The lowest BCUT2D eigenvalue weighted by Crippen LogP contribution is -2.42. The van der Waals surface area contributed by atoms with E-state index in [-0.39, 0.29) is 22.1 Å². The minimum Gasteiger partial charge on any atom is -0.380 e. The zero-order chi connectivity index (χ0) is 15.6. The summed E-state index contributed by atoms with van der Waals surface area (Å²) in [6, 6.07) is -0.324. The zero-order valence-electron chi connectivity index (χ0n) is 12.0. The molecular weight excluding hydrogens is 334 g/mol. The largest absolute Gasteiger partial charge is 0.380 e. The molecule has 0 bridgehead atoms. The van der Waals surface area contributed by atoms with Crippen molar-refractivity contribution in [2.75, 3.05) is 13.2 Å². The maximum absolute atomic E-state index is 12.6. The molecule has 0 aliphatic heterocycles. The van der Waals surface area contributed by atoms with Crippen molar-refractivity contribution in [3.63, 3.8) is 0 Å². The van der Waals surface area contributed by atoms with E-state index in [1.807, 2.05) is 20.8 Å². The number of sulfonamides is 1. The molecular formula is C12H18ClN3O3S2. The second-order valence-corrected chi connectivity index (χ2v) is 7.75. The van der Waals surface area contributed by atoms with Gasteiger partial charge in [-0.1, -0.05) is 25.4 Å². The summed E-state index contributed by atoms with van der Waals surface area (Å²) in [7, 11) is -3.77. The molecule has 6 nitrogen and oxygen atoms in total. The van der Waals surface area contributed by atoms with Crippen LogP contribution in [0.25, 0.3) is 4.96 Å². The molecule has 0 spiro atoms. The van der Waals surface area contributed by atoms with Gasteiger partial charge in [-0.05, 0) is 12.8 Å². The molecule has 1 unspecified atom stereocenters. The van der Waals surface area contributed by atoms with Crippen LogP contribution in [0.15, 0.2) is 16.6 Å². The maximum Gasteiger partial charge on any atom is 0.260 e. The van der Waals surface area contributed by atoms with Gasteiger partial charge in [0.1, 0.15) is 0 Å². The highest BCUT2D eigenvalue weighted by atomic mass is 35.5. The Kier molecular flexibility index (Phi) is 5.26. The van der Waals surface area contributed by atoms with Gasteiger partial charge in [0.15, 0.2) is 15.1 Å². The fourth-order valence-corrected chi connectivity index (χ4v) is 4.66. The number of nitrogens with zero attached hydrogens (tertiary/aromatic N) is 2. The molecule has 118 valence electrons. The molecule has 2 aromatic heterocycles. The van der Waals surface area contributed by atoms with Gasteiger partial charge in [0, 0.05) is 24.2 Å². The van der Waals surface area contributed by atoms with Gasteiger partial charge in [0.05, 0.1) is 6.61 Å². The van der Waals surface area contributed by atoms with E-state index in [1.165, 1.54) is 15.7 Å². The highest BCUT2D eigenvalue weighted by Crippen LogP contribution is 2.25. The molecule has 0 aliphatic rings. The number of hydrogen-bond acceptors (Lipinski definition) is 5. The number of aromatic nitrogens is 2. The summed E-state index contributed by atoms with van der Waals surface area (Å²) in [5.74, 6) is 0.0935. The number of imidazole rings is 1. The van der Waals surface area contributed by atoms with Crippen LogP contribution in [0.1, 0.15) is 20.8 Å². The first-order valence-electron chi connectivity index (χ1n) is 6.58. The summed E-state index contributed by atoms with van der Waals surface area (Å²) in [6.07, 6.45) is 1.64. The van der Waals surface area contributed by atoms with Gasteiger partial charge < -0.3 is 4.74 Å². The third-order valence-corrected chi connectivity index (χ3v) is 5.69. The molecule has 2 aromatic rings. The Morgan fingerprint density at radius 2 is 2.24 bits per heavy atom. The van der Waals surface area contributed by atoms with E-state index >= 15 is 0 Å². The predicted molar refractivity (Wildman–Crippen MR) is 83.5 cm³/mol. The van der Waals surface area contributed by atoms with Crippen LogP contribution < -0.4 is 4.72 Å². The third kappa shape index (κ3) is 3.57. The summed E-state index contributed by atoms with van der Waals surface area (Å²) in [5, 5.41) is 1.72. The van der Waals surface area contributed by atoms with Crippen molar-refractivity contribution in [3.8, 4) is 0 Å². The van der Waals surface area contributed by atoms with Gasteiger partial charge in [-0.25, -0.2) is 18.1 Å². The number of rotatable bonds is 7. The Morgan fingerprint density at radius 1 is 1.52 bits per heavy atom. The second-order valence-electron chi connectivity index (χ2n) is 4.89. The maximum atomic E-state index is 12.6. The molecule has 0 aliphatic carbocycles. The number of ether oxygens (including phenoxy) is 1. The molecule has 2 rings (SSSR count). The highest BCUT2D eigenvalue weighted by molar-refractivity contribution is 7.89. The first-order chi connectivity index (χ1) is 9.86. The van der Waals surface area contributed by atoms with Gasteiger partial charge in [-0.3, -0.25) is 4.40 Å². The third-order valence-electron chi connectivity index (χ3n) is 3.05. The van der Waals surface area contributed by atoms with Crippen LogP contribution in [0, 0.1) is 5.92 Å². The van der Waals surface area contributed by atoms with Gasteiger partial charge in [-0.15, -0.1) is 11.3 Å². The van der Waals surface area contributed by atoms with Crippen LogP contribution in [-0.2, 0) is 14.8 Å². The lowest BCUT2D eigenvalue weighted by atomic mass is 10.1. The molecule has 21 heavy (non-hydrogen) atoms. The van der Waals surface area contributed by atoms with E-state index < -0.39 is 10.0 Å². The number of hydrogen-bond donors (Lipinski definition) is 1. The predicted octanol–water partition coefficient (Wildman–Crippen LogP) is 2.39. The van der Waals surface area contributed by atoms with Crippen LogP contribution >= 0.6 is 22.9 Å². The molecule has 0 radical (unpaired) electrons. The molecule has 9 heteroatoms. The molecule has 0 saturated carbocycles. The van der Waals surface area contributed by atoms with Crippen LogP contribution in [0.3, 0.4) is 0 Å². The minimum atomic E-state index is -3.77. The summed E-state index contributed by atoms with van der Waals surface area (Å²) in [5.41, 5.74) is 0. The average Bonchev–Trinajstić information content (AvgIpc) is 2.93. The Bertz CT molecular complexity index is 708. The molecule has 0 saturated heterocycles. The molecule has 0 amide bonds. The quantitative estimate of drug-likeness (QED) is 0.831. The zero-order valence-corrected chi connectivity index (χ0v) is 14.4. The first kappa shape index (κ1) is 16.7. The van der Waals surface area contributed by atoms with Crippen molar-refractivity contribution in [1.82, 2.24) is 14.1 Å². The van der Waals surface area contributed by atoms with E-state index in [4.69, 9.17) is 16.3 Å². The summed E-state index contributed by atoms with van der Waals surface area (Å²) in [6.45, 7) is 6.59. The van der Waals surface area contributed by atoms with Crippen molar-refractivity contribution in [1.29, 1.82) is 0 Å². The van der Waals surface area contributed by atoms with Gasteiger partial charge in [0.2, 0.25) is 0 Å². The van der Waals surface area contributed by atoms with Crippen molar-refractivity contribution >= 4 is 37.9 Å². The SMILES string of the molecule is CCOCC(NS(=O)(=O)c1c(Cl)nc2sccn12)C(C)C. The van der Waals surface area contributed by atoms with Crippen molar-refractivity contribution in [2.24, 2.45) is 5.92 Å². The lowest BCUT2D eigenvalue weighted by molar-refractivity contribution is 0.116. The number of halogens is 1. The van der Waals surface area contributed by atoms with Gasteiger partial charge in [0.25, 0.3) is 10.0 Å². The first-order valence-corrected chi connectivity index (χ1v) is 9.32.